The van der Waals surface area contributed by atoms with Crippen molar-refractivity contribution in [2.75, 3.05) is 0 Å². The highest BCUT2D eigenvalue weighted by atomic mass is 16.6. The van der Waals surface area contributed by atoms with E-state index in [0.717, 1.165) is 22.3 Å². The van der Waals surface area contributed by atoms with Crippen molar-refractivity contribution in [3.8, 4) is 11.5 Å². The van der Waals surface area contributed by atoms with Crippen molar-refractivity contribution in [3.63, 3.8) is 0 Å². The van der Waals surface area contributed by atoms with Crippen LogP contribution in [0.15, 0.2) is 114 Å². The zero-order valence-electron chi connectivity index (χ0n) is 20.1. The van der Waals surface area contributed by atoms with Gasteiger partial charge in [0.05, 0.1) is 10.6 Å². The Balaban J connectivity index is 1.54. The van der Waals surface area contributed by atoms with Gasteiger partial charge >= 0.3 is 0 Å². The van der Waals surface area contributed by atoms with Gasteiger partial charge in [-0.25, -0.2) is 0 Å². The van der Waals surface area contributed by atoms with Crippen molar-refractivity contribution in [1.29, 1.82) is 0 Å². The Morgan fingerprint density at radius 3 is 2.19 bits per heavy atom. The Kier molecular flexibility index (Phi) is 8.18. The molecule has 0 atom stereocenters. The Morgan fingerprint density at radius 2 is 1.49 bits per heavy atom. The largest absolute Gasteiger partial charge is 0.489 e. The van der Waals surface area contributed by atoms with Crippen LogP contribution in [0.4, 0.5) is 17.1 Å². The van der Waals surface area contributed by atoms with E-state index in [1.807, 2.05) is 48.5 Å². The molecule has 0 aliphatic carbocycles. The number of nitrogens with zero attached hydrogens (tertiary/aromatic N) is 3. The van der Waals surface area contributed by atoms with E-state index in [-0.39, 0.29) is 5.69 Å². The van der Waals surface area contributed by atoms with Gasteiger partial charge in [-0.1, -0.05) is 67.8 Å². The SMILES string of the molecule is C=Cc1ccc(COc2cc(OCc3cccc(C=C)c3)ccc2N=Nc2ccc([N+](=O)[O-])cc2)cc1. The standard InChI is InChI=1S/C30H25N3O4/c1-3-22-8-10-24(11-9-22)20-37-30-19-28(36-21-25-7-5-6-23(4-2)18-25)16-17-29(30)32-31-26-12-14-27(15-13-26)33(34)35/h3-19H,1-2,20-21H2. The van der Waals surface area contributed by atoms with E-state index in [1.54, 1.807) is 30.4 Å². The molecule has 0 saturated carbocycles. The summed E-state index contributed by atoms with van der Waals surface area (Å²) < 4.78 is 12.1. The first kappa shape index (κ1) is 25.1. The Labute approximate surface area is 215 Å². The van der Waals surface area contributed by atoms with E-state index in [0.29, 0.717) is 36.1 Å². The molecule has 184 valence electrons. The molecule has 4 aromatic rings. The highest BCUT2D eigenvalue weighted by molar-refractivity contribution is 5.56. The van der Waals surface area contributed by atoms with Crippen LogP contribution in [0.1, 0.15) is 22.3 Å². The minimum atomic E-state index is -0.458. The summed E-state index contributed by atoms with van der Waals surface area (Å²) in [6.07, 6.45) is 3.58. The number of hydrogen-bond donors (Lipinski definition) is 0. The minimum Gasteiger partial charge on any atom is -0.489 e. The molecular weight excluding hydrogens is 466 g/mol. The van der Waals surface area contributed by atoms with Gasteiger partial charge in [-0.2, -0.15) is 5.11 Å². The van der Waals surface area contributed by atoms with E-state index < -0.39 is 4.92 Å². The van der Waals surface area contributed by atoms with E-state index >= 15 is 0 Å². The predicted octanol–water partition coefficient (Wildman–Crippen LogP) is 8.45. The molecule has 37 heavy (non-hydrogen) atoms. The number of benzene rings is 4. The smallest absolute Gasteiger partial charge is 0.269 e. The molecule has 0 aliphatic heterocycles. The fraction of sp³-hybridized carbons (Fsp3) is 0.0667. The van der Waals surface area contributed by atoms with Crippen LogP contribution in [0, 0.1) is 10.1 Å². The third-order valence-electron chi connectivity index (χ3n) is 5.47. The monoisotopic (exact) mass is 491 g/mol. The van der Waals surface area contributed by atoms with Gasteiger partial charge in [0.25, 0.3) is 5.69 Å². The minimum absolute atomic E-state index is 0.00873. The lowest BCUT2D eigenvalue weighted by Gasteiger charge is -2.12. The van der Waals surface area contributed by atoms with Gasteiger partial charge in [-0.3, -0.25) is 10.1 Å². The molecule has 4 rings (SSSR count). The second-order valence-electron chi connectivity index (χ2n) is 8.08. The second-order valence-corrected chi connectivity index (χ2v) is 8.08. The number of nitro groups is 1. The summed E-state index contributed by atoms with van der Waals surface area (Å²) in [7, 11) is 0. The van der Waals surface area contributed by atoms with Crippen molar-refractivity contribution in [2.24, 2.45) is 10.2 Å². The van der Waals surface area contributed by atoms with E-state index in [1.165, 1.54) is 24.3 Å². The van der Waals surface area contributed by atoms with Crippen LogP contribution in [0.25, 0.3) is 12.2 Å². The quantitative estimate of drug-likeness (QED) is 0.120. The molecule has 0 amide bonds. The van der Waals surface area contributed by atoms with E-state index in [9.17, 15) is 10.1 Å². The van der Waals surface area contributed by atoms with Crippen LogP contribution in [-0.4, -0.2) is 4.92 Å². The van der Waals surface area contributed by atoms with Gasteiger partial charge in [0, 0.05) is 18.2 Å². The average molecular weight is 492 g/mol. The lowest BCUT2D eigenvalue weighted by molar-refractivity contribution is -0.384. The zero-order chi connectivity index (χ0) is 26.0. The maximum Gasteiger partial charge on any atom is 0.269 e. The number of ether oxygens (including phenoxy) is 2. The third kappa shape index (κ3) is 6.99. The van der Waals surface area contributed by atoms with Crippen LogP contribution >= 0.6 is 0 Å². The number of non-ortho nitro benzene ring substituents is 1. The first-order valence-corrected chi connectivity index (χ1v) is 11.5. The lowest BCUT2D eigenvalue weighted by Crippen LogP contribution is -1.98. The third-order valence-corrected chi connectivity index (χ3v) is 5.47. The summed E-state index contributed by atoms with van der Waals surface area (Å²) in [5.41, 5.74) is 5.03. The van der Waals surface area contributed by atoms with E-state index in [2.05, 4.69) is 23.4 Å². The Hall–Kier alpha value is -5.04. The molecule has 0 fully saturated rings. The van der Waals surface area contributed by atoms with Crippen molar-refractivity contribution >= 4 is 29.2 Å². The van der Waals surface area contributed by atoms with Crippen molar-refractivity contribution < 1.29 is 14.4 Å². The van der Waals surface area contributed by atoms with Gasteiger partial charge in [0.2, 0.25) is 0 Å². The van der Waals surface area contributed by atoms with Gasteiger partial charge in [-0.05, 0) is 52.6 Å². The molecule has 0 heterocycles. The first-order valence-electron chi connectivity index (χ1n) is 11.5. The highest BCUT2D eigenvalue weighted by Gasteiger charge is 2.09. The van der Waals surface area contributed by atoms with Gasteiger partial charge < -0.3 is 9.47 Å². The van der Waals surface area contributed by atoms with Crippen LogP contribution in [0.5, 0.6) is 11.5 Å². The summed E-state index contributed by atoms with van der Waals surface area (Å²) in [5.74, 6) is 1.12. The summed E-state index contributed by atoms with van der Waals surface area (Å²) in [6.45, 7) is 8.29. The fourth-order valence-electron chi connectivity index (χ4n) is 3.42. The molecule has 0 radical (unpaired) electrons. The van der Waals surface area contributed by atoms with Crippen molar-refractivity contribution in [3.05, 3.63) is 137 Å². The number of nitro benzene ring substituents is 1. The van der Waals surface area contributed by atoms with Crippen molar-refractivity contribution in [2.45, 2.75) is 13.2 Å². The average Bonchev–Trinajstić information content (AvgIpc) is 2.94. The predicted molar refractivity (Wildman–Crippen MR) is 145 cm³/mol. The van der Waals surface area contributed by atoms with E-state index in [4.69, 9.17) is 9.47 Å². The number of azo groups is 1. The molecule has 0 aliphatic rings. The maximum atomic E-state index is 10.9. The second kappa shape index (κ2) is 12.1. The number of hydrogen-bond acceptors (Lipinski definition) is 6. The topological polar surface area (TPSA) is 86.3 Å². The highest BCUT2D eigenvalue weighted by Crippen LogP contribution is 2.34. The summed E-state index contributed by atoms with van der Waals surface area (Å²) in [6, 6.07) is 27.0. The number of rotatable bonds is 11. The molecule has 7 heteroatoms. The molecular formula is C30H25N3O4. The van der Waals surface area contributed by atoms with Crippen molar-refractivity contribution in [1.82, 2.24) is 0 Å². The molecule has 0 bridgehead atoms. The first-order chi connectivity index (χ1) is 18.0. The molecule has 7 nitrogen and oxygen atoms in total. The van der Waals surface area contributed by atoms with Crippen LogP contribution in [0.2, 0.25) is 0 Å². The molecule has 0 saturated heterocycles. The summed E-state index contributed by atoms with van der Waals surface area (Å²) in [4.78, 5) is 10.4. The van der Waals surface area contributed by atoms with Gasteiger partial charge in [0.1, 0.15) is 24.7 Å². The molecule has 4 aromatic carbocycles. The maximum absolute atomic E-state index is 10.9. The normalized spacial score (nSPS) is 10.7. The van der Waals surface area contributed by atoms with Crippen LogP contribution in [-0.2, 0) is 13.2 Å². The van der Waals surface area contributed by atoms with Gasteiger partial charge in [-0.15, -0.1) is 5.11 Å². The van der Waals surface area contributed by atoms with Crippen LogP contribution < -0.4 is 9.47 Å². The Morgan fingerprint density at radius 1 is 0.757 bits per heavy atom. The Bertz CT molecular complexity index is 1430. The molecule has 0 aromatic heterocycles. The zero-order valence-corrected chi connectivity index (χ0v) is 20.1. The van der Waals surface area contributed by atoms with Crippen LogP contribution in [0.3, 0.4) is 0 Å². The molecule has 0 unspecified atom stereocenters. The molecule has 0 spiro atoms. The molecule has 0 N–H and O–H groups in total. The summed E-state index contributed by atoms with van der Waals surface area (Å²) in [5, 5.41) is 19.4. The lowest BCUT2D eigenvalue weighted by atomic mass is 10.1. The van der Waals surface area contributed by atoms with Gasteiger partial charge in [0.15, 0.2) is 5.75 Å². The fourth-order valence-corrected chi connectivity index (χ4v) is 3.42. The summed E-state index contributed by atoms with van der Waals surface area (Å²) >= 11 is 0.